The third kappa shape index (κ3) is 8.08. The lowest BCUT2D eigenvalue weighted by molar-refractivity contribution is -0.317. The molecule has 40 heavy (non-hydrogen) atoms. The molecule has 5 atom stereocenters. The van der Waals surface area contributed by atoms with Crippen LogP contribution < -0.4 is 0 Å². The Kier molecular flexibility index (Phi) is 10.5. The van der Waals surface area contributed by atoms with Crippen LogP contribution in [0.3, 0.4) is 0 Å². The second-order valence-electron chi connectivity index (χ2n) is 9.85. The summed E-state index contributed by atoms with van der Waals surface area (Å²) in [7, 11) is 0. The van der Waals surface area contributed by atoms with Crippen LogP contribution >= 0.6 is 0 Å². The second kappa shape index (κ2) is 14.9. The summed E-state index contributed by atoms with van der Waals surface area (Å²) in [5.74, 6) is 0. The Hall–Kier alpha value is -3.36. The Morgan fingerprint density at radius 2 is 0.850 bits per heavy atom. The predicted molar refractivity (Wildman–Crippen MR) is 152 cm³/mol. The van der Waals surface area contributed by atoms with E-state index in [1.54, 1.807) is 0 Å². The average Bonchev–Trinajstić information content (AvgIpc) is 3.01. The molecule has 1 N–H and O–H groups in total. The molecular weight excluding hydrogens is 504 g/mol. The molecule has 1 saturated heterocycles. The van der Waals surface area contributed by atoms with Crippen LogP contribution in [0.15, 0.2) is 121 Å². The van der Waals surface area contributed by atoms with Crippen LogP contribution in [-0.2, 0) is 50.1 Å². The zero-order valence-electron chi connectivity index (χ0n) is 22.5. The van der Waals surface area contributed by atoms with Gasteiger partial charge in [0.15, 0.2) is 6.29 Å². The maximum absolute atomic E-state index is 11.2. The number of aliphatic hydroxyl groups is 1. The number of rotatable bonds is 13. The Balaban J connectivity index is 1.36. The van der Waals surface area contributed by atoms with Crippen LogP contribution in [0.2, 0.25) is 0 Å². The van der Waals surface area contributed by atoms with Crippen molar-refractivity contribution in [3.05, 3.63) is 144 Å². The maximum atomic E-state index is 11.2. The van der Waals surface area contributed by atoms with Gasteiger partial charge < -0.3 is 28.8 Å². The van der Waals surface area contributed by atoms with Gasteiger partial charge in [0, 0.05) is 0 Å². The third-order valence-electron chi connectivity index (χ3n) is 6.86. The van der Waals surface area contributed by atoms with E-state index in [4.69, 9.17) is 23.7 Å². The minimum atomic E-state index is -1.22. The lowest BCUT2D eigenvalue weighted by Crippen LogP contribution is -2.61. The van der Waals surface area contributed by atoms with Gasteiger partial charge in [-0.05, 0) is 22.3 Å². The molecule has 3 unspecified atom stereocenters. The van der Waals surface area contributed by atoms with Gasteiger partial charge in [-0.25, -0.2) is 0 Å². The summed E-state index contributed by atoms with van der Waals surface area (Å²) in [5.41, 5.74) is 4.10. The van der Waals surface area contributed by atoms with E-state index in [1.165, 1.54) is 0 Å². The number of aliphatic hydroxyl groups excluding tert-OH is 1. The molecule has 6 heteroatoms. The molecule has 208 valence electrons. The lowest BCUT2D eigenvalue weighted by Gasteiger charge is -2.44. The van der Waals surface area contributed by atoms with Gasteiger partial charge in [-0.2, -0.15) is 0 Å². The summed E-state index contributed by atoms with van der Waals surface area (Å²) < 4.78 is 31.4. The second-order valence-corrected chi connectivity index (χ2v) is 9.85. The van der Waals surface area contributed by atoms with Crippen LogP contribution in [0.5, 0.6) is 0 Å². The van der Waals surface area contributed by atoms with E-state index >= 15 is 0 Å². The molecule has 0 amide bonds. The predicted octanol–water partition coefficient (Wildman–Crippen LogP) is 5.68. The van der Waals surface area contributed by atoms with Gasteiger partial charge in [-0.3, -0.25) is 0 Å². The summed E-state index contributed by atoms with van der Waals surface area (Å²) >= 11 is 0. The molecule has 0 saturated carbocycles. The number of benzene rings is 4. The minimum absolute atomic E-state index is 0.224. The molecule has 4 aromatic rings. The van der Waals surface area contributed by atoms with Crippen LogP contribution in [0.25, 0.3) is 0 Å². The first-order valence-electron chi connectivity index (χ1n) is 13.7. The molecule has 1 heterocycles. The zero-order chi connectivity index (χ0) is 27.4. The fourth-order valence-electron chi connectivity index (χ4n) is 4.77. The van der Waals surface area contributed by atoms with Gasteiger partial charge in [0.2, 0.25) is 0 Å². The molecule has 0 aliphatic carbocycles. The lowest BCUT2D eigenvalue weighted by atomic mass is 9.98. The fraction of sp³-hybridized carbons (Fsp3) is 0.294. The first-order chi connectivity index (χ1) is 19.8. The zero-order valence-corrected chi connectivity index (χ0v) is 22.5. The number of hydrogen-bond donors (Lipinski definition) is 1. The molecule has 6 nitrogen and oxygen atoms in total. The highest BCUT2D eigenvalue weighted by Gasteiger charge is 2.48. The van der Waals surface area contributed by atoms with Crippen LogP contribution in [0.4, 0.5) is 0 Å². The average molecular weight is 541 g/mol. The van der Waals surface area contributed by atoms with Gasteiger partial charge >= 0.3 is 0 Å². The monoisotopic (exact) mass is 540 g/mol. The van der Waals surface area contributed by atoms with Crippen molar-refractivity contribution in [2.24, 2.45) is 0 Å². The van der Waals surface area contributed by atoms with E-state index in [2.05, 4.69) is 0 Å². The molecular formula is C34H36O6. The van der Waals surface area contributed by atoms with Crippen molar-refractivity contribution in [3.63, 3.8) is 0 Å². The molecule has 0 aromatic heterocycles. The SMILES string of the molecule is OC1OC(COCc2ccccc2)[C@@H](OCc2ccccc2)C(OCc2ccccc2)[C@@H]1OCc1ccccc1. The number of ether oxygens (including phenoxy) is 5. The summed E-state index contributed by atoms with van der Waals surface area (Å²) in [6, 6.07) is 39.7. The van der Waals surface area contributed by atoms with Gasteiger partial charge in [0.25, 0.3) is 0 Å². The molecule has 1 fully saturated rings. The molecule has 1 aliphatic heterocycles. The van der Waals surface area contributed by atoms with Gasteiger partial charge in [0.05, 0.1) is 33.0 Å². The summed E-state index contributed by atoms with van der Waals surface area (Å²) in [5, 5.41) is 11.2. The van der Waals surface area contributed by atoms with Crippen molar-refractivity contribution in [2.45, 2.75) is 57.1 Å². The smallest absolute Gasteiger partial charge is 0.184 e. The van der Waals surface area contributed by atoms with E-state index in [9.17, 15) is 5.11 Å². The van der Waals surface area contributed by atoms with E-state index in [-0.39, 0.29) is 6.61 Å². The molecule has 4 aromatic carbocycles. The molecule has 1 aliphatic rings. The highest BCUT2D eigenvalue weighted by molar-refractivity contribution is 5.16. The van der Waals surface area contributed by atoms with Crippen molar-refractivity contribution in [1.29, 1.82) is 0 Å². The topological polar surface area (TPSA) is 66.4 Å². The van der Waals surface area contributed by atoms with Crippen molar-refractivity contribution in [2.75, 3.05) is 6.61 Å². The van der Waals surface area contributed by atoms with Crippen LogP contribution in [0, 0.1) is 0 Å². The largest absolute Gasteiger partial charge is 0.374 e. The van der Waals surface area contributed by atoms with E-state index in [1.807, 2.05) is 121 Å². The molecule has 5 rings (SSSR count). The normalized spacial score (nSPS) is 22.7. The van der Waals surface area contributed by atoms with Gasteiger partial charge in [-0.1, -0.05) is 121 Å². The Labute approximate surface area is 236 Å². The van der Waals surface area contributed by atoms with Crippen molar-refractivity contribution < 1.29 is 28.8 Å². The summed E-state index contributed by atoms with van der Waals surface area (Å²) in [4.78, 5) is 0. The summed E-state index contributed by atoms with van der Waals surface area (Å²) in [6.45, 7) is 1.65. The van der Waals surface area contributed by atoms with Crippen molar-refractivity contribution in [3.8, 4) is 0 Å². The highest BCUT2D eigenvalue weighted by atomic mass is 16.7. The van der Waals surface area contributed by atoms with Crippen molar-refractivity contribution in [1.82, 2.24) is 0 Å². The van der Waals surface area contributed by atoms with E-state index in [0.29, 0.717) is 26.4 Å². The minimum Gasteiger partial charge on any atom is -0.374 e. The molecule has 0 spiro atoms. The first kappa shape index (κ1) is 28.2. The highest BCUT2D eigenvalue weighted by Crippen LogP contribution is 2.30. The summed E-state index contributed by atoms with van der Waals surface area (Å²) in [6.07, 6.45) is -3.72. The quantitative estimate of drug-likeness (QED) is 0.236. The maximum Gasteiger partial charge on any atom is 0.184 e. The molecule has 0 radical (unpaired) electrons. The first-order valence-corrected chi connectivity index (χ1v) is 13.7. The Bertz CT molecular complexity index is 1240. The van der Waals surface area contributed by atoms with E-state index in [0.717, 1.165) is 22.3 Å². The Morgan fingerprint density at radius 1 is 0.475 bits per heavy atom. The van der Waals surface area contributed by atoms with Crippen LogP contribution in [-0.4, -0.2) is 42.4 Å². The number of hydrogen-bond acceptors (Lipinski definition) is 6. The Morgan fingerprint density at radius 3 is 1.30 bits per heavy atom. The third-order valence-corrected chi connectivity index (χ3v) is 6.86. The van der Waals surface area contributed by atoms with Crippen LogP contribution in [0.1, 0.15) is 22.3 Å². The van der Waals surface area contributed by atoms with Gasteiger partial charge in [-0.15, -0.1) is 0 Å². The van der Waals surface area contributed by atoms with E-state index < -0.39 is 30.7 Å². The molecule has 0 bridgehead atoms. The fourth-order valence-corrected chi connectivity index (χ4v) is 4.77. The van der Waals surface area contributed by atoms with Crippen molar-refractivity contribution >= 4 is 0 Å². The standard InChI is InChI=1S/C34H36O6/c35-34-33(39-24-29-19-11-4-12-20-29)32(38-23-28-17-9-3-10-18-28)31(37-22-27-15-7-2-8-16-27)30(40-34)25-36-21-26-13-5-1-6-14-26/h1-20,30-35H,21-25H2/t30?,31-,32?,33+,34?/m1/s1. The van der Waals surface area contributed by atoms with Gasteiger partial charge in [0.1, 0.15) is 24.4 Å².